The van der Waals surface area contributed by atoms with Crippen LogP contribution in [0.15, 0.2) is 65.8 Å². The molecule has 1 N–H and O–H groups in total. The van der Waals surface area contributed by atoms with Crippen LogP contribution in [0.4, 0.5) is 5.95 Å². The molecule has 1 amide bonds. The Hall–Kier alpha value is -3.32. The second-order valence-electron chi connectivity index (χ2n) is 6.10. The number of thiophene rings is 1. The number of carbonyl (C=O) groups is 2. The summed E-state index contributed by atoms with van der Waals surface area (Å²) in [6.07, 6.45) is 3.01. The zero-order valence-corrected chi connectivity index (χ0v) is 15.2. The van der Waals surface area contributed by atoms with Crippen molar-refractivity contribution in [3.63, 3.8) is 0 Å². The number of amides is 1. The maximum Gasteiger partial charge on any atom is 0.302 e. The summed E-state index contributed by atoms with van der Waals surface area (Å²) in [4.78, 5) is 35.8. The highest BCUT2D eigenvalue weighted by Crippen LogP contribution is 2.42. The van der Waals surface area contributed by atoms with Crippen molar-refractivity contribution in [1.82, 2.24) is 9.97 Å². The summed E-state index contributed by atoms with van der Waals surface area (Å²) < 4.78 is 0. The molecule has 1 aliphatic rings. The lowest BCUT2D eigenvalue weighted by molar-refractivity contribution is -0.132. The second kappa shape index (κ2) is 6.77. The van der Waals surface area contributed by atoms with E-state index < -0.39 is 17.7 Å². The average molecular weight is 377 g/mol. The lowest BCUT2D eigenvalue weighted by Gasteiger charge is -2.21. The predicted molar refractivity (Wildman–Crippen MR) is 102 cm³/mol. The van der Waals surface area contributed by atoms with Gasteiger partial charge in [-0.1, -0.05) is 35.9 Å². The molecule has 1 aliphatic heterocycles. The molecule has 0 spiro atoms. The molecule has 134 valence electrons. The molecular formula is C20H15N3O3S. The minimum absolute atomic E-state index is 0.0405. The van der Waals surface area contributed by atoms with Gasteiger partial charge >= 0.3 is 5.91 Å². The summed E-state index contributed by atoms with van der Waals surface area (Å²) >= 11 is 1.39. The largest absolute Gasteiger partial charge is 0.507 e. The smallest absolute Gasteiger partial charge is 0.302 e. The normalized spacial score (nSPS) is 18.9. The molecule has 0 bridgehead atoms. The number of aryl methyl sites for hydroxylation is 1. The maximum atomic E-state index is 12.8. The summed E-state index contributed by atoms with van der Waals surface area (Å²) in [6.45, 7) is 1.93. The molecule has 1 fully saturated rings. The van der Waals surface area contributed by atoms with Gasteiger partial charge in [-0.2, -0.15) is 0 Å². The van der Waals surface area contributed by atoms with Gasteiger partial charge in [0.25, 0.3) is 5.78 Å². The summed E-state index contributed by atoms with van der Waals surface area (Å²) in [7, 11) is 0. The van der Waals surface area contributed by atoms with Gasteiger partial charge in [0.15, 0.2) is 0 Å². The van der Waals surface area contributed by atoms with Crippen molar-refractivity contribution < 1.29 is 14.7 Å². The van der Waals surface area contributed by atoms with Crippen LogP contribution in [0.3, 0.4) is 0 Å². The van der Waals surface area contributed by atoms with Crippen LogP contribution >= 0.6 is 11.3 Å². The fourth-order valence-corrected chi connectivity index (χ4v) is 3.86. The number of aliphatic hydroxyl groups is 1. The molecule has 2 aromatic heterocycles. The SMILES string of the molecule is Cc1ccc(/C(O)=C2/C(=O)C(=O)N(c3ncccn3)C2c2cccs2)cc1. The number of carbonyl (C=O) groups excluding carboxylic acids is 2. The molecule has 1 atom stereocenters. The Labute approximate surface area is 159 Å². The van der Waals surface area contributed by atoms with Crippen LogP contribution < -0.4 is 4.90 Å². The molecule has 1 saturated heterocycles. The van der Waals surface area contributed by atoms with Gasteiger partial charge in [-0.3, -0.25) is 14.5 Å². The van der Waals surface area contributed by atoms with E-state index in [2.05, 4.69) is 9.97 Å². The van der Waals surface area contributed by atoms with Gasteiger partial charge in [-0.05, 0) is 24.4 Å². The van der Waals surface area contributed by atoms with E-state index in [9.17, 15) is 14.7 Å². The third-order valence-corrected chi connectivity index (χ3v) is 5.27. The van der Waals surface area contributed by atoms with Crippen molar-refractivity contribution in [2.75, 3.05) is 4.90 Å². The Morgan fingerprint density at radius 1 is 1.07 bits per heavy atom. The highest BCUT2D eigenvalue weighted by atomic mass is 32.1. The van der Waals surface area contributed by atoms with Gasteiger partial charge in [-0.15, -0.1) is 11.3 Å². The first-order valence-electron chi connectivity index (χ1n) is 8.26. The maximum absolute atomic E-state index is 12.8. The van der Waals surface area contributed by atoms with Gasteiger partial charge in [0.1, 0.15) is 11.8 Å². The molecule has 27 heavy (non-hydrogen) atoms. The van der Waals surface area contributed by atoms with E-state index in [0.717, 1.165) is 10.4 Å². The van der Waals surface area contributed by atoms with E-state index in [1.54, 1.807) is 18.2 Å². The van der Waals surface area contributed by atoms with Crippen LogP contribution in [-0.4, -0.2) is 26.8 Å². The molecule has 0 saturated carbocycles. The highest BCUT2D eigenvalue weighted by Gasteiger charge is 2.48. The number of anilines is 1. The molecule has 6 nitrogen and oxygen atoms in total. The molecule has 0 aliphatic carbocycles. The van der Waals surface area contributed by atoms with E-state index in [0.29, 0.717) is 5.56 Å². The minimum Gasteiger partial charge on any atom is -0.507 e. The fourth-order valence-electron chi connectivity index (χ4n) is 3.04. The number of hydrogen-bond acceptors (Lipinski definition) is 6. The molecule has 3 aromatic rings. The van der Waals surface area contributed by atoms with Crippen LogP contribution in [0.1, 0.15) is 22.0 Å². The van der Waals surface area contributed by atoms with Crippen LogP contribution in [0, 0.1) is 6.92 Å². The van der Waals surface area contributed by atoms with Gasteiger partial charge in [0.2, 0.25) is 5.95 Å². The first-order chi connectivity index (χ1) is 13.1. The average Bonchev–Trinajstić information content (AvgIpc) is 3.30. The van der Waals surface area contributed by atoms with Crippen molar-refractivity contribution in [2.45, 2.75) is 13.0 Å². The van der Waals surface area contributed by atoms with Crippen LogP contribution in [0.5, 0.6) is 0 Å². The standard InChI is InChI=1S/C20H15N3O3S/c1-12-5-7-13(8-6-12)17(24)15-16(14-4-2-11-27-14)23(19(26)18(15)25)20-21-9-3-10-22-20/h2-11,16,24H,1H3/b17-15-. The van der Waals surface area contributed by atoms with Crippen LogP contribution in [0.2, 0.25) is 0 Å². The van der Waals surface area contributed by atoms with E-state index in [1.165, 1.54) is 28.6 Å². The number of ketones is 1. The Kier molecular flexibility index (Phi) is 4.29. The van der Waals surface area contributed by atoms with Crippen molar-refractivity contribution in [2.24, 2.45) is 0 Å². The number of nitrogens with zero attached hydrogens (tertiary/aromatic N) is 3. The summed E-state index contributed by atoms with van der Waals surface area (Å²) in [5, 5.41) is 12.7. The van der Waals surface area contributed by atoms with Gasteiger partial charge in [-0.25, -0.2) is 9.97 Å². The van der Waals surface area contributed by atoms with Crippen molar-refractivity contribution >= 4 is 34.7 Å². The first-order valence-corrected chi connectivity index (χ1v) is 9.14. The monoisotopic (exact) mass is 377 g/mol. The van der Waals surface area contributed by atoms with Crippen LogP contribution in [0.25, 0.3) is 5.76 Å². The summed E-state index contributed by atoms with van der Waals surface area (Å²) in [5.41, 5.74) is 1.55. The molecule has 7 heteroatoms. The highest BCUT2D eigenvalue weighted by molar-refractivity contribution is 7.10. The van der Waals surface area contributed by atoms with Crippen molar-refractivity contribution in [1.29, 1.82) is 0 Å². The number of Topliss-reactive ketones (excluding diaryl/α,β-unsaturated/α-hetero) is 1. The fraction of sp³-hybridized carbons (Fsp3) is 0.100. The van der Waals surface area contributed by atoms with E-state index in [-0.39, 0.29) is 17.3 Å². The molecule has 4 rings (SSSR count). The zero-order valence-electron chi connectivity index (χ0n) is 14.4. The minimum atomic E-state index is -0.770. The Morgan fingerprint density at radius 2 is 1.78 bits per heavy atom. The van der Waals surface area contributed by atoms with Gasteiger partial charge in [0, 0.05) is 22.8 Å². The molecule has 3 heterocycles. The number of hydrogen-bond donors (Lipinski definition) is 1. The Bertz CT molecular complexity index is 1030. The second-order valence-corrected chi connectivity index (χ2v) is 7.08. The molecule has 1 unspecified atom stereocenters. The lowest BCUT2D eigenvalue weighted by Crippen LogP contribution is -2.30. The van der Waals surface area contributed by atoms with E-state index in [4.69, 9.17) is 0 Å². The molecule has 1 aromatic carbocycles. The topological polar surface area (TPSA) is 83.4 Å². The number of aliphatic hydroxyl groups excluding tert-OH is 1. The third kappa shape index (κ3) is 2.92. The van der Waals surface area contributed by atoms with E-state index in [1.807, 2.05) is 36.6 Å². The van der Waals surface area contributed by atoms with Gasteiger partial charge in [0.05, 0.1) is 5.57 Å². The van der Waals surface area contributed by atoms with Gasteiger partial charge < -0.3 is 5.11 Å². The third-order valence-electron chi connectivity index (χ3n) is 4.35. The van der Waals surface area contributed by atoms with Crippen molar-refractivity contribution in [3.05, 3.63) is 81.8 Å². The number of benzene rings is 1. The Morgan fingerprint density at radius 3 is 2.41 bits per heavy atom. The Balaban J connectivity index is 1.92. The predicted octanol–water partition coefficient (Wildman–Crippen LogP) is 3.47. The van der Waals surface area contributed by atoms with Crippen molar-refractivity contribution in [3.8, 4) is 0 Å². The quantitative estimate of drug-likeness (QED) is 0.429. The van der Waals surface area contributed by atoms with Crippen LogP contribution in [-0.2, 0) is 9.59 Å². The molecule has 0 radical (unpaired) electrons. The lowest BCUT2D eigenvalue weighted by atomic mass is 9.99. The first kappa shape index (κ1) is 17.1. The zero-order chi connectivity index (χ0) is 19.0. The number of rotatable bonds is 3. The number of aromatic nitrogens is 2. The summed E-state index contributed by atoms with van der Waals surface area (Å²) in [5.74, 6) is -1.58. The summed E-state index contributed by atoms with van der Waals surface area (Å²) in [6, 6.07) is 11.6. The molecular weight excluding hydrogens is 362 g/mol. The van der Waals surface area contributed by atoms with E-state index >= 15 is 0 Å².